The molecule has 0 atom stereocenters. The fraction of sp³-hybridized carbons (Fsp3) is 0.435. The van der Waals surface area contributed by atoms with Crippen LogP contribution in [0.3, 0.4) is 0 Å². The van der Waals surface area contributed by atoms with Gasteiger partial charge in [0.05, 0.1) is 12.0 Å². The highest BCUT2D eigenvalue weighted by atomic mass is 32.2. The molecule has 1 saturated heterocycles. The minimum Gasteiger partial charge on any atom is -0.497 e. The number of piperidine rings is 1. The van der Waals surface area contributed by atoms with Crippen molar-refractivity contribution in [2.45, 2.75) is 30.4 Å². The maximum Gasteiger partial charge on any atom is 0.243 e. The second-order valence-electron chi connectivity index (χ2n) is 7.69. The lowest BCUT2D eigenvalue weighted by Crippen LogP contribution is -2.43. The SMILES string of the molecule is COc1ccc(S(=O)(=O)N2CCC(C(=O)NCCSCc3cccc(C)c3)CC2)cc1. The number of sulfonamides is 1. The van der Waals surface area contributed by atoms with Crippen LogP contribution >= 0.6 is 11.8 Å². The Morgan fingerprint density at radius 1 is 1.16 bits per heavy atom. The number of benzene rings is 2. The smallest absolute Gasteiger partial charge is 0.243 e. The zero-order valence-electron chi connectivity index (χ0n) is 18.0. The van der Waals surface area contributed by atoms with Crippen LogP contribution in [0.15, 0.2) is 53.4 Å². The molecule has 31 heavy (non-hydrogen) atoms. The van der Waals surface area contributed by atoms with E-state index in [-0.39, 0.29) is 16.7 Å². The Morgan fingerprint density at radius 2 is 1.87 bits per heavy atom. The van der Waals surface area contributed by atoms with E-state index in [1.165, 1.54) is 15.4 Å². The highest BCUT2D eigenvalue weighted by Crippen LogP contribution is 2.25. The Balaban J connectivity index is 1.39. The number of carbonyl (C=O) groups excluding carboxylic acids is 1. The second kappa shape index (κ2) is 11.0. The molecule has 0 radical (unpaired) electrons. The molecule has 3 rings (SSSR count). The topological polar surface area (TPSA) is 75.7 Å². The van der Waals surface area contributed by atoms with E-state index in [2.05, 4.69) is 36.5 Å². The molecule has 168 valence electrons. The first-order valence-electron chi connectivity index (χ1n) is 10.5. The number of carbonyl (C=O) groups is 1. The number of hydrogen-bond acceptors (Lipinski definition) is 5. The molecule has 8 heteroatoms. The van der Waals surface area contributed by atoms with Gasteiger partial charge < -0.3 is 10.1 Å². The normalized spacial score (nSPS) is 15.5. The summed E-state index contributed by atoms with van der Waals surface area (Å²) in [5.74, 6) is 2.29. The van der Waals surface area contributed by atoms with E-state index < -0.39 is 10.0 Å². The molecule has 0 saturated carbocycles. The molecule has 1 aliphatic rings. The lowest BCUT2D eigenvalue weighted by molar-refractivity contribution is -0.125. The number of ether oxygens (including phenoxy) is 1. The highest BCUT2D eigenvalue weighted by Gasteiger charge is 2.31. The summed E-state index contributed by atoms with van der Waals surface area (Å²) < 4.78 is 32.2. The number of thioether (sulfide) groups is 1. The van der Waals surface area contributed by atoms with Gasteiger partial charge in [-0.2, -0.15) is 16.1 Å². The predicted octanol–water partition coefficient (Wildman–Crippen LogP) is 3.45. The van der Waals surface area contributed by atoms with Crippen LogP contribution in [0, 0.1) is 12.8 Å². The third-order valence-corrected chi connectivity index (χ3v) is 8.36. The fourth-order valence-electron chi connectivity index (χ4n) is 3.64. The average Bonchev–Trinajstić information content (AvgIpc) is 2.79. The molecule has 2 aromatic carbocycles. The lowest BCUT2D eigenvalue weighted by atomic mass is 9.97. The minimum atomic E-state index is -3.55. The van der Waals surface area contributed by atoms with Crippen molar-refractivity contribution in [2.75, 3.05) is 32.5 Å². The number of nitrogens with one attached hydrogen (secondary N) is 1. The summed E-state index contributed by atoms with van der Waals surface area (Å²) in [5.41, 5.74) is 2.55. The monoisotopic (exact) mass is 462 g/mol. The molecule has 0 unspecified atom stereocenters. The molecule has 0 bridgehead atoms. The molecular formula is C23H30N2O4S2. The quantitative estimate of drug-likeness (QED) is 0.578. The van der Waals surface area contributed by atoms with Gasteiger partial charge in [0.2, 0.25) is 15.9 Å². The predicted molar refractivity (Wildman–Crippen MR) is 125 cm³/mol. The molecule has 0 aliphatic carbocycles. The number of methoxy groups -OCH3 is 1. The maximum absolute atomic E-state index is 12.8. The van der Waals surface area contributed by atoms with Crippen molar-refractivity contribution < 1.29 is 17.9 Å². The van der Waals surface area contributed by atoms with Gasteiger partial charge in [-0.15, -0.1) is 0 Å². The summed E-state index contributed by atoms with van der Waals surface area (Å²) in [6.45, 7) is 3.42. The Morgan fingerprint density at radius 3 is 2.52 bits per heavy atom. The zero-order valence-corrected chi connectivity index (χ0v) is 19.7. The van der Waals surface area contributed by atoms with E-state index in [0.717, 1.165) is 11.5 Å². The van der Waals surface area contributed by atoms with Crippen molar-refractivity contribution in [3.63, 3.8) is 0 Å². The number of aryl methyl sites for hydroxylation is 1. The Hall–Kier alpha value is -2.03. The second-order valence-corrected chi connectivity index (χ2v) is 10.7. The average molecular weight is 463 g/mol. The summed E-state index contributed by atoms with van der Waals surface area (Å²) in [5, 5.41) is 3.01. The van der Waals surface area contributed by atoms with Gasteiger partial charge in [0.25, 0.3) is 0 Å². The summed E-state index contributed by atoms with van der Waals surface area (Å²) in [4.78, 5) is 12.7. The lowest BCUT2D eigenvalue weighted by Gasteiger charge is -2.30. The first-order chi connectivity index (χ1) is 14.9. The van der Waals surface area contributed by atoms with Gasteiger partial charge in [0, 0.05) is 37.1 Å². The van der Waals surface area contributed by atoms with Crippen LogP contribution in [0.25, 0.3) is 0 Å². The van der Waals surface area contributed by atoms with Crippen molar-refractivity contribution in [1.29, 1.82) is 0 Å². The molecule has 1 fully saturated rings. The van der Waals surface area contributed by atoms with Crippen LogP contribution in [-0.4, -0.2) is 51.1 Å². The highest BCUT2D eigenvalue weighted by molar-refractivity contribution is 7.98. The van der Waals surface area contributed by atoms with Gasteiger partial charge in [0.1, 0.15) is 5.75 Å². The van der Waals surface area contributed by atoms with Crippen LogP contribution < -0.4 is 10.1 Å². The maximum atomic E-state index is 12.8. The Labute approximate surface area is 189 Å². The summed E-state index contributed by atoms with van der Waals surface area (Å²) >= 11 is 1.80. The summed E-state index contributed by atoms with van der Waals surface area (Å²) in [6.07, 6.45) is 1.08. The van der Waals surface area contributed by atoms with Crippen molar-refractivity contribution in [3.05, 3.63) is 59.7 Å². The van der Waals surface area contributed by atoms with Gasteiger partial charge >= 0.3 is 0 Å². The van der Waals surface area contributed by atoms with E-state index in [0.29, 0.717) is 38.2 Å². The third-order valence-electron chi connectivity index (χ3n) is 5.42. The zero-order chi connectivity index (χ0) is 22.3. The van der Waals surface area contributed by atoms with Crippen LogP contribution in [-0.2, 0) is 20.6 Å². The summed E-state index contributed by atoms with van der Waals surface area (Å²) in [6, 6.07) is 14.8. The van der Waals surface area contributed by atoms with Gasteiger partial charge in [-0.3, -0.25) is 4.79 Å². The number of amides is 1. The first-order valence-corrected chi connectivity index (χ1v) is 13.0. The first kappa shape index (κ1) is 23.6. The molecule has 1 amide bonds. The van der Waals surface area contributed by atoms with E-state index in [9.17, 15) is 13.2 Å². The van der Waals surface area contributed by atoms with Crippen molar-refractivity contribution in [1.82, 2.24) is 9.62 Å². The molecule has 1 aliphatic heterocycles. The van der Waals surface area contributed by atoms with Crippen LogP contribution in [0.4, 0.5) is 0 Å². The third kappa shape index (κ3) is 6.48. The largest absolute Gasteiger partial charge is 0.497 e. The Kier molecular flexibility index (Phi) is 8.40. The Bertz CT molecular complexity index is 969. The fourth-order valence-corrected chi connectivity index (χ4v) is 5.91. The van der Waals surface area contributed by atoms with Crippen LogP contribution in [0.5, 0.6) is 5.75 Å². The van der Waals surface area contributed by atoms with Gasteiger partial charge in [-0.25, -0.2) is 8.42 Å². The van der Waals surface area contributed by atoms with E-state index in [1.807, 2.05) is 0 Å². The number of rotatable bonds is 9. The number of nitrogens with zero attached hydrogens (tertiary/aromatic N) is 1. The van der Waals surface area contributed by atoms with Crippen molar-refractivity contribution in [2.24, 2.45) is 5.92 Å². The summed E-state index contributed by atoms with van der Waals surface area (Å²) in [7, 11) is -2.00. The minimum absolute atomic E-state index is 0.0256. The molecule has 0 spiro atoms. The number of hydrogen-bond donors (Lipinski definition) is 1. The molecule has 1 N–H and O–H groups in total. The molecule has 2 aromatic rings. The molecule has 6 nitrogen and oxygen atoms in total. The van der Waals surface area contributed by atoms with E-state index >= 15 is 0 Å². The standard InChI is InChI=1S/C23H30N2O4S2/c1-18-4-3-5-19(16-18)17-30-15-12-24-23(26)20-10-13-25(14-11-20)31(27,28)22-8-6-21(29-2)7-9-22/h3-9,16,20H,10-15,17H2,1-2H3,(H,24,26). The van der Waals surface area contributed by atoms with Gasteiger partial charge in [-0.1, -0.05) is 29.8 Å². The van der Waals surface area contributed by atoms with E-state index in [4.69, 9.17) is 4.74 Å². The van der Waals surface area contributed by atoms with Crippen molar-refractivity contribution in [3.8, 4) is 5.75 Å². The van der Waals surface area contributed by atoms with Crippen LogP contribution in [0.1, 0.15) is 24.0 Å². The molecular weight excluding hydrogens is 432 g/mol. The molecule has 0 aromatic heterocycles. The van der Waals surface area contributed by atoms with Crippen LogP contribution in [0.2, 0.25) is 0 Å². The van der Waals surface area contributed by atoms with Crippen molar-refractivity contribution >= 4 is 27.7 Å². The van der Waals surface area contributed by atoms with E-state index in [1.54, 1.807) is 43.1 Å². The van der Waals surface area contributed by atoms with Gasteiger partial charge in [-0.05, 0) is 49.6 Å². The van der Waals surface area contributed by atoms with Gasteiger partial charge in [0.15, 0.2) is 0 Å². The molecule has 1 heterocycles.